The van der Waals surface area contributed by atoms with Crippen molar-refractivity contribution in [3.8, 4) is 0 Å². The summed E-state index contributed by atoms with van der Waals surface area (Å²) < 4.78 is 5.39. The molecule has 2 heteroatoms. The SMILES string of the molecule is CCCOCCC(O)Cc1cc(C)ccc1C. The second-order valence-corrected chi connectivity index (χ2v) is 4.69. The van der Waals surface area contributed by atoms with Crippen LogP contribution < -0.4 is 0 Å². The summed E-state index contributed by atoms with van der Waals surface area (Å²) in [6.45, 7) is 7.71. The molecule has 0 aliphatic heterocycles. The van der Waals surface area contributed by atoms with Crippen molar-refractivity contribution >= 4 is 0 Å². The molecule has 0 fully saturated rings. The van der Waals surface area contributed by atoms with Gasteiger partial charge in [0.2, 0.25) is 0 Å². The van der Waals surface area contributed by atoms with Crippen molar-refractivity contribution in [1.29, 1.82) is 0 Å². The maximum absolute atomic E-state index is 9.94. The van der Waals surface area contributed by atoms with Crippen molar-refractivity contribution < 1.29 is 9.84 Å². The van der Waals surface area contributed by atoms with Crippen LogP contribution >= 0.6 is 0 Å². The molecule has 2 nitrogen and oxygen atoms in total. The highest BCUT2D eigenvalue weighted by Gasteiger charge is 2.07. The van der Waals surface area contributed by atoms with Crippen LogP contribution in [0.15, 0.2) is 18.2 Å². The summed E-state index contributed by atoms with van der Waals surface area (Å²) in [5.74, 6) is 0. The third-order valence-electron chi connectivity index (χ3n) is 2.90. The fraction of sp³-hybridized carbons (Fsp3) is 0.600. The Bertz CT molecular complexity index is 334. The van der Waals surface area contributed by atoms with Gasteiger partial charge in [0.15, 0.2) is 0 Å². The number of aliphatic hydroxyl groups is 1. The second-order valence-electron chi connectivity index (χ2n) is 4.69. The minimum absolute atomic E-state index is 0.299. The highest BCUT2D eigenvalue weighted by atomic mass is 16.5. The molecule has 17 heavy (non-hydrogen) atoms. The average molecular weight is 236 g/mol. The Kier molecular flexibility index (Phi) is 6.23. The van der Waals surface area contributed by atoms with Gasteiger partial charge in [0, 0.05) is 13.2 Å². The Morgan fingerprint density at radius 3 is 2.71 bits per heavy atom. The molecule has 0 amide bonds. The lowest BCUT2D eigenvalue weighted by Crippen LogP contribution is -2.14. The Morgan fingerprint density at radius 1 is 1.24 bits per heavy atom. The molecule has 1 N–H and O–H groups in total. The molecular weight excluding hydrogens is 212 g/mol. The van der Waals surface area contributed by atoms with Crippen LogP contribution in [0.3, 0.4) is 0 Å². The number of aryl methyl sites for hydroxylation is 2. The molecule has 1 rings (SSSR count). The van der Waals surface area contributed by atoms with Gasteiger partial charge < -0.3 is 9.84 Å². The highest BCUT2D eigenvalue weighted by molar-refractivity contribution is 5.30. The molecule has 0 aliphatic carbocycles. The highest BCUT2D eigenvalue weighted by Crippen LogP contribution is 2.14. The number of hydrogen-bond acceptors (Lipinski definition) is 2. The number of ether oxygens (including phenoxy) is 1. The van der Waals surface area contributed by atoms with Crippen molar-refractivity contribution in [2.24, 2.45) is 0 Å². The molecule has 96 valence electrons. The van der Waals surface area contributed by atoms with Crippen molar-refractivity contribution in [2.75, 3.05) is 13.2 Å². The maximum atomic E-state index is 9.94. The van der Waals surface area contributed by atoms with Crippen LogP contribution in [-0.2, 0) is 11.2 Å². The maximum Gasteiger partial charge on any atom is 0.0602 e. The van der Waals surface area contributed by atoms with Gasteiger partial charge in [-0.3, -0.25) is 0 Å². The molecule has 0 spiro atoms. The minimum atomic E-state index is -0.299. The summed E-state index contributed by atoms with van der Waals surface area (Å²) in [7, 11) is 0. The third kappa shape index (κ3) is 5.33. The Morgan fingerprint density at radius 2 is 2.00 bits per heavy atom. The first-order valence-electron chi connectivity index (χ1n) is 6.45. The Hall–Kier alpha value is -0.860. The predicted octanol–water partition coefficient (Wildman–Crippen LogP) is 3.02. The van der Waals surface area contributed by atoms with Gasteiger partial charge in [-0.1, -0.05) is 30.7 Å². The predicted molar refractivity (Wildman–Crippen MR) is 71.4 cm³/mol. The van der Waals surface area contributed by atoms with Crippen LogP contribution in [0.1, 0.15) is 36.5 Å². The Labute approximate surface area is 105 Å². The van der Waals surface area contributed by atoms with Gasteiger partial charge in [-0.2, -0.15) is 0 Å². The summed E-state index contributed by atoms with van der Waals surface area (Å²) in [6.07, 6.45) is 2.18. The molecule has 0 radical (unpaired) electrons. The molecule has 1 aromatic rings. The summed E-state index contributed by atoms with van der Waals surface area (Å²) >= 11 is 0. The molecule has 0 heterocycles. The molecule has 0 aliphatic rings. The van der Waals surface area contributed by atoms with E-state index in [1.165, 1.54) is 16.7 Å². The quantitative estimate of drug-likeness (QED) is 0.737. The van der Waals surface area contributed by atoms with Gasteiger partial charge in [-0.25, -0.2) is 0 Å². The van der Waals surface area contributed by atoms with Crippen LogP contribution in [0.2, 0.25) is 0 Å². The third-order valence-corrected chi connectivity index (χ3v) is 2.90. The van der Waals surface area contributed by atoms with E-state index in [0.717, 1.165) is 19.4 Å². The first-order chi connectivity index (χ1) is 8.13. The van der Waals surface area contributed by atoms with E-state index in [0.29, 0.717) is 13.0 Å². The summed E-state index contributed by atoms with van der Waals surface area (Å²) in [5.41, 5.74) is 3.75. The lowest BCUT2D eigenvalue weighted by Gasteiger charge is -2.13. The van der Waals surface area contributed by atoms with Crippen molar-refractivity contribution in [1.82, 2.24) is 0 Å². The summed E-state index contributed by atoms with van der Waals surface area (Å²) in [5, 5.41) is 9.94. The molecule has 0 saturated heterocycles. The van der Waals surface area contributed by atoms with Gasteiger partial charge in [0.1, 0.15) is 0 Å². The largest absolute Gasteiger partial charge is 0.393 e. The van der Waals surface area contributed by atoms with Crippen LogP contribution in [0.25, 0.3) is 0 Å². The number of rotatable bonds is 7. The van der Waals surface area contributed by atoms with E-state index in [1.807, 2.05) is 0 Å². The number of aliphatic hydroxyl groups excluding tert-OH is 1. The van der Waals surface area contributed by atoms with E-state index < -0.39 is 0 Å². The molecule has 0 aromatic heterocycles. The van der Waals surface area contributed by atoms with E-state index in [4.69, 9.17) is 4.74 Å². The van der Waals surface area contributed by atoms with Crippen molar-refractivity contribution in [3.05, 3.63) is 34.9 Å². The van der Waals surface area contributed by atoms with Crippen LogP contribution in [0, 0.1) is 13.8 Å². The zero-order valence-corrected chi connectivity index (χ0v) is 11.2. The van der Waals surface area contributed by atoms with E-state index in [9.17, 15) is 5.11 Å². The fourth-order valence-corrected chi connectivity index (χ4v) is 1.84. The van der Waals surface area contributed by atoms with Gasteiger partial charge in [0.25, 0.3) is 0 Å². The van der Waals surface area contributed by atoms with E-state index in [2.05, 4.69) is 39.0 Å². The van der Waals surface area contributed by atoms with E-state index in [-0.39, 0.29) is 6.10 Å². The molecule has 1 aromatic carbocycles. The fourth-order valence-electron chi connectivity index (χ4n) is 1.84. The minimum Gasteiger partial charge on any atom is -0.393 e. The Balaban J connectivity index is 2.39. The van der Waals surface area contributed by atoms with Gasteiger partial charge in [-0.15, -0.1) is 0 Å². The number of benzene rings is 1. The average Bonchev–Trinajstić information content (AvgIpc) is 2.29. The van der Waals surface area contributed by atoms with Gasteiger partial charge >= 0.3 is 0 Å². The molecule has 0 bridgehead atoms. The first-order valence-corrected chi connectivity index (χ1v) is 6.45. The normalized spacial score (nSPS) is 12.7. The molecular formula is C15H24O2. The van der Waals surface area contributed by atoms with Crippen LogP contribution in [0.4, 0.5) is 0 Å². The standard InChI is InChI=1S/C15H24O2/c1-4-8-17-9-7-15(16)11-14-10-12(2)5-6-13(14)3/h5-6,10,15-16H,4,7-9,11H2,1-3H3. The zero-order chi connectivity index (χ0) is 12.7. The second kappa shape index (κ2) is 7.46. The number of hydrogen-bond donors (Lipinski definition) is 1. The van der Waals surface area contributed by atoms with Crippen LogP contribution in [-0.4, -0.2) is 24.4 Å². The molecule has 1 atom stereocenters. The van der Waals surface area contributed by atoms with Crippen molar-refractivity contribution in [2.45, 2.75) is 46.1 Å². The van der Waals surface area contributed by atoms with Gasteiger partial charge in [-0.05, 0) is 44.2 Å². The monoisotopic (exact) mass is 236 g/mol. The van der Waals surface area contributed by atoms with Crippen molar-refractivity contribution in [3.63, 3.8) is 0 Å². The van der Waals surface area contributed by atoms with Crippen LogP contribution in [0.5, 0.6) is 0 Å². The lowest BCUT2D eigenvalue weighted by molar-refractivity contribution is 0.0823. The topological polar surface area (TPSA) is 29.5 Å². The van der Waals surface area contributed by atoms with Gasteiger partial charge in [0.05, 0.1) is 6.10 Å². The van der Waals surface area contributed by atoms with E-state index >= 15 is 0 Å². The van der Waals surface area contributed by atoms with E-state index in [1.54, 1.807) is 0 Å². The lowest BCUT2D eigenvalue weighted by atomic mass is 9.99. The zero-order valence-electron chi connectivity index (χ0n) is 11.2. The molecule has 1 unspecified atom stereocenters. The molecule has 0 saturated carbocycles. The first kappa shape index (κ1) is 14.2. The summed E-state index contributed by atoms with van der Waals surface area (Å²) in [6, 6.07) is 6.38. The summed E-state index contributed by atoms with van der Waals surface area (Å²) in [4.78, 5) is 0. The smallest absolute Gasteiger partial charge is 0.0602 e.